The van der Waals surface area contributed by atoms with Gasteiger partial charge in [-0.25, -0.2) is 0 Å². The third kappa shape index (κ3) is 4.30. The van der Waals surface area contributed by atoms with Crippen LogP contribution < -0.4 is 25.8 Å². The van der Waals surface area contributed by atoms with E-state index >= 15 is 0 Å². The molecule has 1 heterocycles. The quantitative estimate of drug-likeness (QED) is 0.701. The van der Waals surface area contributed by atoms with Crippen LogP contribution in [0.2, 0.25) is 0 Å². The van der Waals surface area contributed by atoms with Gasteiger partial charge < -0.3 is 30.3 Å². The van der Waals surface area contributed by atoms with Crippen LogP contribution in [0.25, 0.3) is 0 Å². The maximum atomic E-state index is 12.5. The molecule has 0 bridgehead atoms. The zero-order chi connectivity index (χ0) is 18.4. The second-order valence-electron chi connectivity index (χ2n) is 5.29. The minimum absolute atomic E-state index is 0.122. The van der Waals surface area contributed by atoms with Crippen LogP contribution in [-0.4, -0.2) is 38.6 Å². The number of ether oxygens (including phenoxy) is 2. The van der Waals surface area contributed by atoms with Crippen molar-refractivity contribution in [3.05, 3.63) is 41.9 Å². The van der Waals surface area contributed by atoms with E-state index in [-0.39, 0.29) is 29.6 Å². The van der Waals surface area contributed by atoms with E-state index in [1.54, 1.807) is 13.0 Å². The van der Waals surface area contributed by atoms with Gasteiger partial charge in [-0.1, -0.05) is 0 Å². The van der Waals surface area contributed by atoms with Crippen LogP contribution in [0.15, 0.2) is 34.9 Å². The molecule has 0 aliphatic carbocycles. The highest BCUT2D eigenvalue weighted by Gasteiger charge is 2.20. The molecule has 8 heteroatoms. The molecule has 0 saturated heterocycles. The Bertz CT molecular complexity index is 743. The van der Waals surface area contributed by atoms with Gasteiger partial charge in [-0.15, -0.1) is 0 Å². The van der Waals surface area contributed by atoms with E-state index in [0.717, 1.165) is 0 Å². The lowest BCUT2D eigenvalue weighted by atomic mass is 10.1. The van der Waals surface area contributed by atoms with Gasteiger partial charge in [0.2, 0.25) is 0 Å². The Morgan fingerprint density at radius 1 is 1.20 bits per heavy atom. The van der Waals surface area contributed by atoms with Gasteiger partial charge in [-0.3, -0.25) is 9.59 Å². The van der Waals surface area contributed by atoms with Gasteiger partial charge in [0.05, 0.1) is 31.7 Å². The average Bonchev–Trinajstić information content (AvgIpc) is 3.15. The van der Waals surface area contributed by atoms with Crippen molar-refractivity contribution < 1.29 is 23.5 Å². The first-order valence-corrected chi connectivity index (χ1v) is 7.62. The highest BCUT2D eigenvalue weighted by atomic mass is 16.5. The molecule has 1 aromatic carbocycles. The molecule has 0 unspecified atom stereocenters. The molecule has 1 atom stereocenters. The third-order valence-corrected chi connectivity index (χ3v) is 3.49. The summed E-state index contributed by atoms with van der Waals surface area (Å²) in [7, 11) is 2.93. The summed E-state index contributed by atoms with van der Waals surface area (Å²) in [5.41, 5.74) is 6.03. The maximum absolute atomic E-state index is 12.5. The second-order valence-corrected chi connectivity index (χ2v) is 5.29. The molecule has 0 saturated carbocycles. The van der Waals surface area contributed by atoms with Gasteiger partial charge in [-0.2, -0.15) is 0 Å². The Morgan fingerprint density at radius 3 is 2.44 bits per heavy atom. The normalized spacial score (nSPS) is 11.5. The van der Waals surface area contributed by atoms with Crippen molar-refractivity contribution in [1.29, 1.82) is 0 Å². The fraction of sp³-hybridized carbons (Fsp3) is 0.294. The molecule has 0 aliphatic rings. The minimum atomic E-state index is -0.488. The predicted molar refractivity (Wildman–Crippen MR) is 92.2 cm³/mol. The highest BCUT2D eigenvalue weighted by Crippen LogP contribution is 2.33. The lowest BCUT2D eigenvalue weighted by molar-refractivity contribution is 0.0941. The number of anilines is 1. The Hall–Kier alpha value is -3.00. The number of benzene rings is 1. The first-order chi connectivity index (χ1) is 12.0. The Balaban J connectivity index is 2.40. The van der Waals surface area contributed by atoms with E-state index in [9.17, 15) is 9.59 Å². The summed E-state index contributed by atoms with van der Waals surface area (Å²) in [4.78, 5) is 24.8. The van der Waals surface area contributed by atoms with Crippen LogP contribution in [0.3, 0.4) is 0 Å². The zero-order valence-corrected chi connectivity index (χ0v) is 14.3. The van der Waals surface area contributed by atoms with E-state index in [1.807, 2.05) is 0 Å². The lowest BCUT2D eigenvalue weighted by Crippen LogP contribution is -2.38. The van der Waals surface area contributed by atoms with Crippen molar-refractivity contribution in [2.75, 3.05) is 26.1 Å². The summed E-state index contributed by atoms with van der Waals surface area (Å²) in [6.45, 7) is 2.06. The number of furan rings is 1. The van der Waals surface area contributed by atoms with Crippen molar-refractivity contribution in [3.8, 4) is 11.5 Å². The molecular formula is C17H21N3O5. The Morgan fingerprint density at radius 2 is 1.88 bits per heavy atom. The van der Waals surface area contributed by atoms with Gasteiger partial charge in [0, 0.05) is 18.7 Å². The third-order valence-electron chi connectivity index (χ3n) is 3.49. The zero-order valence-electron chi connectivity index (χ0n) is 14.3. The number of rotatable bonds is 7. The van der Waals surface area contributed by atoms with Crippen LogP contribution in [0, 0.1) is 0 Å². The molecule has 0 radical (unpaired) electrons. The summed E-state index contributed by atoms with van der Waals surface area (Å²) in [6.07, 6.45) is 1.39. The molecule has 0 spiro atoms. The molecule has 2 amide bonds. The molecule has 134 valence electrons. The Kier molecular flexibility index (Phi) is 6.02. The van der Waals surface area contributed by atoms with Crippen molar-refractivity contribution in [1.82, 2.24) is 5.32 Å². The molecule has 4 N–H and O–H groups in total. The average molecular weight is 347 g/mol. The van der Waals surface area contributed by atoms with E-state index in [1.165, 1.54) is 38.7 Å². The predicted octanol–water partition coefficient (Wildman–Crippen LogP) is 1.63. The molecule has 0 fully saturated rings. The van der Waals surface area contributed by atoms with Crippen molar-refractivity contribution in [2.45, 2.75) is 13.0 Å². The van der Waals surface area contributed by atoms with Gasteiger partial charge in [0.25, 0.3) is 11.8 Å². The first-order valence-electron chi connectivity index (χ1n) is 7.62. The fourth-order valence-corrected chi connectivity index (χ4v) is 2.12. The summed E-state index contributed by atoms with van der Waals surface area (Å²) < 4.78 is 15.5. The smallest absolute Gasteiger partial charge is 0.291 e. The molecule has 2 rings (SSSR count). The number of amides is 2. The minimum Gasteiger partial charge on any atom is -0.493 e. The SMILES string of the molecule is COc1cc(NC(=O)c2ccco2)c(C(=O)N[C@@H](C)CN)cc1OC. The van der Waals surface area contributed by atoms with E-state index in [0.29, 0.717) is 11.5 Å². The van der Waals surface area contributed by atoms with Crippen LogP contribution in [-0.2, 0) is 0 Å². The summed E-state index contributed by atoms with van der Waals surface area (Å²) in [5.74, 6) is -0.0204. The van der Waals surface area contributed by atoms with Gasteiger partial charge in [0.1, 0.15) is 0 Å². The van der Waals surface area contributed by atoms with Crippen LogP contribution >= 0.6 is 0 Å². The van der Waals surface area contributed by atoms with Gasteiger partial charge >= 0.3 is 0 Å². The van der Waals surface area contributed by atoms with Crippen molar-refractivity contribution in [2.24, 2.45) is 5.73 Å². The fourth-order valence-electron chi connectivity index (χ4n) is 2.12. The Labute approximate surface area is 145 Å². The number of nitrogens with one attached hydrogen (secondary N) is 2. The number of hydrogen-bond acceptors (Lipinski definition) is 6. The maximum Gasteiger partial charge on any atom is 0.291 e. The molecular weight excluding hydrogens is 326 g/mol. The molecule has 0 aliphatic heterocycles. The van der Waals surface area contributed by atoms with Crippen molar-refractivity contribution in [3.63, 3.8) is 0 Å². The monoisotopic (exact) mass is 347 g/mol. The molecule has 1 aromatic heterocycles. The summed E-state index contributed by atoms with van der Waals surface area (Å²) >= 11 is 0. The largest absolute Gasteiger partial charge is 0.493 e. The van der Waals surface area contributed by atoms with E-state index in [4.69, 9.17) is 19.6 Å². The standard InChI is InChI=1S/C17H21N3O5/c1-10(9-18)19-16(21)11-7-14(23-2)15(24-3)8-12(11)20-17(22)13-5-4-6-25-13/h4-8,10H,9,18H2,1-3H3,(H,19,21)(H,20,22)/t10-/m0/s1. The number of hydrogen-bond donors (Lipinski definition) is 3. The second kappa shape index (κ2) is 8.20. The van der Waals surface area contributed by atoms with Crippen LogP contribution in [0.5, 0.6) is 11.5 Å². The highest BCUT2D eigenvalue weighted by molar-refractivity contribution is 6.08. The van der Waals surface area contributed by atoms with E-state index in [2.05, 4.69) is 10.6 Å². The lowest BCUT2D eigenvalue weighted by Gasteiger charge is -2.17. The number of carbonyl (C=O) groups is 2. The first kappa shape index (κ1) is 18.3. The van der Waals surface area contributed by atoms with Crippen molar-refractivity contribution >= 4 is 17.5 Å². The molecule has 2 aromatic rings. The summed E-state index contributed by atoms with van der Waals surface area (Å²) in [6, 6.07) is 5.90. The number of carbonyl (C=O) groups excluding carboxylic acids is 2. The van der Waals surface area contributed by atoms with Crippen LogP contribution in [0.1, 0.15) is 27.8 Å². The van der Waals surface area contributed by atoms with Crippen LogP contribution in [0.4, 0.5) is 5.69 Å². The van der Waals surface area contributed by atoms with Gasteiger partial charge in [-0.05, 0) is 25.1 Å². The number of nitrogens with two attached hydrogens (primary N) is 1. The number of methoxy groups -OCH3 is 2. The van der Waals surface area contributed by atoms with Gasteiger partial charge in [0.15, 0.2) is 17.3 Å². The summed E-state index contributed by atoms with van der Waals surface area (Å²) in [5, 5.41) is 5.40. The molecule has 8 nitrogen and oxygen atoms in total. The topological polar surface area (TPSA) is 116 Å². The molecule has 25 heavy (non-hydrogen) atoms. The van der Waals surface area contributed by atoms with E-state index < -0.39 is 11.8 Å².